The second-order valence-electron chi connectivity index (χ2n) is 12.1. The zero-order valence-corrected chi connectivity index (χ0v) is 25.3. The van der Waals surface area contributed by atoms with Crippen molar-refractivity contribution in [3.8, 4) is 28.3 Å². The molecule has 0 aliphatic heterocycles. The van der Waals surface area contributed by atoms with Crippen LogP contribution in [0.3, 0.4) is 0 Å². The first kappa shape index (κ1) is 30.3. The van der Waals surface area contributed by atoms with Crippen LogP contribution in [0.2, 0.25) is 0 Å². The molecule has 1 saturated carbocycles. The average molecular weight is 541 g/mol. The Morgan fingerprint density at radius 1 is 0.600 bits per heavy atom. The molecular weight excluding hydrogens is 488 g/mol. The smallest absolute Gasteiger partial charge is 0.159 e. The van der Waals surface area contributed by atoms with Gasteiger partial charge in [0.2, 0.25) is 0 Å². The first-order valence-electron chi connectivity index (χ1n) is 16.4. The molecule has 0 amide bonds. The molecule has 3 nitrogen and oxygen atoms in total. The Morgan fingerprint density at radius 2 is 1.12 bits per heavy atom. The maximum atomic E-state index is 6.09. The Kier molecular flexibility index (Phi) is 13.0. The number of nitrogens with zero attached hydrogens (tertiary/aromatic N) is 2. The van der Waals surface area contributed by atoms with E-state index in [0.29, 0.717) is 0 Å². The van der Waals surface area contributed by atoms with Gasteiger partial charge in [0.25, 0.3) is 0 Å². The van der Waals surface area contributed by atoms with Gasteiger partial charge in [-0.05, 0) is 66.3 Å². The number of hydrogen-bond acceptors (Lipinski definition) is 3. The third kappa shape index (κ3) is 10.1. The summed E-state index contributed by atoms with van der Waals surface area (Å²) in [6.07, 6.45) is 25.4. The third-order valence-corrected chi connectivity index (χ3v) is 8.81. The highest BCUT2D eigenvalue weighted by Gasteiger charge is 2.20. The summed E-state index contributed by atoms with van der Waals surface area (Å²) in [6, 6.07) is 17.1. The molecule has 0 bridgehead atoms. The van der Waals surface area contributed by atoms with Crippen LogP contribution in [0.5, 0.6) is 5.75 Å². The van der Waals surface area contributed by atoms with E-state index in [4.69, 9.17) is 4.74 Å². The Hall–Kier alpha value is -2.68. The molecule has 3 heteroatoms. The second kappa shape index (κ2) is 17.2. The lowest BCUT2D eigenvalue weighted by molar-refractivity contribution is 0.228. The summed E-state index contributed by atoms with van der Waals surface area (Å²) >= 11 is 0. The summed E-state index contributed by atoms with van der Waals surface area (Å²) in [7, 11) is 0. The summed E-state index contributed by atoms with van der Waals surface area (Å²) < 4.78 is 6.09. The number of rotatable bonds is 17. The van der Waals surface area contributed by atoms with Crippen LogP contribution in [-0.4, -0.2) is 16.6 Å². The van der Waals surface area contributed by atoms with Crippen molar-refractivity contribution in [3.63, 3.8) is 0 Å². The summed E-state index contributed by atoms with van der Waals surface area (Å²) in [4.78, 5) is 9.26. The molecule has 1 heterocycles. The monoisotopic (exact) mass is 540 g/mol. The largest absolute Gasteiger partial charge is 0.494 e. The van der Waals surface area contributed by atoms with Gasteiger partial charge in [0.1, 0.15) is 5.75 Å². The van der Waals surface area contributed by atoms with Crippen LogP contribution in [-0.2, 0) is 6.42 Å². The Morgan fingerprint density at radius 3 is 1.75 bits per heavy atom. The molecule has 0 N–H and O–H groups in total. The summed E-state index contributed by atoms with van der Waals surface area (Å²) in [5.41, 5.74) is 4.70. The minimum absolute atomic E-state index is 0.796. The topological polar surface area (TPSA) is 35.0 Å². The molecule has 40 heavy (non-hydrogen) atoms. The van der Waals surface area contributed by atoms with Crippen molar-refractivity contribution in [2.24, 2.45) is 11.8 Å². The summed E-state index contributed by atoms with van der Waals surface area (Å²) in [5.74, 6) is 3.69. The van der Waals surface area contributed by atoms with E-state index in [0.717, 1.165) is 48.4 Å². The van der Waals surface area contributed by atoms with E-state index in [9.17, 15) is 0 Å². The fourth-order valence-corrected chi connectivity index (χ4v) is 6.17. The number of unbranched alkanes of at least 4 members (excludes halogenated alkanes) is 6. The van der Waals surface area contributed by atoms with Gasteiger partial charge in [-0.1, -0.05) is 127 Å². The van der Waals surface area contributed by atoms with E-state index in [2.05, 4.69) is 72.3 Å². The molecule has 1 aromatic heterocycles. The van der Waals surface area contributed by atoms with Gasteiger partial charge in [-0.2, -0.15) is 0 Å². The van der Waals surface area contributed by atoms with Crippen molar-refractivity contribution in [1.29, 1.82) is 0 Å². The van der Waals surface area contributed by atoms with Crippen molar-refractivity contribution in [2.75, 3.05) is 6.61 Å². The van der Waals surface area contributed by atoms with Crippen LogP contribution >= 0.6 is 0 Å². The quantitative estimate of drug-likeness (QED) is 0.160. The standard InChI is InChI=1S/C37H52N2O/c1-3-5-7-8-10-13-32-28-38-37(39-29-32)35-21-19-33(20-22-35)34-23-25-36(26-24-34)40-27-11-14-31-17-15-30(16-18-31)12-9-6-4-2/h19-26,28-31H,3-18,27H2,1-2H3/t30-,31-. The minimum atomic E-state index is 0.796. The summed E-state index contributed by atoms with van der Waals surface area (Å²) in [5, 5.41) is 0. The molecule has 216 valence electrons. The van der Waals surface area contributed by atoms with E-state index in [1.165, 1.54) is 107 Å². The van der Waals surface area contributed by atoms with E-state index >= 15 is 0 Å². The Labute approximate surface area is 244 Å². The van der Waals surface area contributed by atoms with E-state index in [1.807, 2.05) is 12.4 Å². The third-order valence-electron chi connectivity index (χ3n) is 8.81. The molecule has 2 aromatic carbocycles. The van der Waals surface area contributed by atoms with Gasteiger partial charge < -0.3 is 4.74 Å². The summed E-state index contributed by atoms with van der Waals surface area (Å²) in [6.45, 7) is 5.38. The highest BCUT2D eigenvalue weighted by Crippen LogP contribution is 2.34. The average Bonchev–Trinajstić information content (AvgIpc) is 3.01. The van der Waals surface area contributed by atoms with Gasteiger partial charge in [0.15, 0.2) is 5.82 Å². The minimum Gasteiger partial charge on any atom is -0.494 e. The van der Waals surface area contributed by atoms with Crippen molar-refractivity contribution in [2.45, 2.75) is 117 Å². The van der Waals surface area contributed by atoms with Crippen molar-refractivity contribution in [3.05, 3.63) is 66.5 Å². The molecule has 0 spiro atoms. The number of aryl methyl sites for hydroxylation is 1. The van der Waals surface area contributed by atoms with Gasteiger partial charge in [-0.25, -0.2) is 9.97 Å². The number of ether oxygens (including phenoxy) is 1. The van der Waals surface area contributed by atoms with Crippen LogP contribution in [0.4, 0.5) is 0 Å². The molecule has 0 unspecified atom stereocenters. The van der Waals surface area contributed by atoms with Crippen LogP contribution < -0.4 is 4.74 Å². The highest BCUT2D eigenvalue weighted by atomic mass is 16.5. The van der Waals surface area contributed by atoms with Crippen LogP contribution in [0.1, 0.15) is 116 Å². The SMILES string of the molecule is CCCCCCCc1cnc(-c2ccc(-c3ccc(OCCC[C@H]4CC[C@H](CCCCC)CC4)cc3)cc2)nc1. The predicted molar refractivity (Wildman–Crippen MR) is 170 cm³/mol. The van der Waals surface area contributed by atoms with Crippen molar-refractivity contribution >= 4 is 0 Å². The molecule has 1 fully saturated rings. The van der Waals surface area contributed by atoms with Gasteiger partial charge in [0, 0.05) is 18.0 Å². The molecular formula is C37H52N2O. The Balaban J connectivity index is 1.16. The number of hydrogen-bond donors (Lipinski definition) is 0. The zero-order valence-electron chi connectivity index (χ0n) is 25.3. The molecule has 4 rings (SSSR count). The van der Waals surface area contributed by atoms with E-state index in [-0.39, 0.29) is 0 Å². The first-order valence-corrected chi connectivity index (χ1v) is 16.4. The number of aromatic nitrogens is 2. The van der Waals surface area contributed by atoms with E-state index in [1.54, 1.807) is 0 Å². The Bertz CT molecular complexity index is 1070. The van der Waals surface area contributed by atoms with Gasteiger partial charge in [0.05, 0.1) is 6.61 Å². The lowest BCUT2D eigenvalue weighted by atomic mass is 9.78. The molecule has 1 aliphatic rings. The van der Waals surface area contributed by atoms with Gasteiger partial charge >= 0.3 is 0 Å². The van der Waals surface area contributed by atoms with Crippen molar-refractivity contribution < 1.29 is 4.74 Å². The van der Waals surface area contributed by atoms with Crippen LogP contribution in [0.25, 0.3) is 22.5 Å². The van der Waals surface area contributed by atoms with Crippen LogP contribution in [0, 0.1) is 11.8 Å². The van der Waals surface area contributed by atoms with Gasteiger partial charge in [-0.3, -0.25) is 0 Å². The molecule has 3 aromatic rings. The predicted octanol–water partition coefficient (Wildman–Crippen LogP) is 10.9. The molecule has 0 radical (unpaired) electrons. The van der Waals surface area contributed by atoms with E-state index < -0.39 is 0 Å². The fraction of sp³-hybridized carbons (Fsp3) is 0.568. The van der Waals surface area contributed by atoms with Crippen LogP contribution in [0.15, 0.2) is 60.9 Å². The van der Waals surface area contributed by atoms with Crippen molar-refractivity contribution in [1.82, 2.24) is 9.97 Å². The highest BCUT2D eigenvalue weighted by molar-refractivity contribution is 5.68. The molecule has 1 aliphatic carbocycles. The molecule has 0 saturated heterocycles. The lowest BCUT2D eigenvalue weighted by Gasteiger charge is -2.28. The fourth-order valence-electron chi connectivity index (χ4n) is 6.17. The number of benzene rings is 2. The lowest BCUT2D eigenvalue weighted by Crippen LogP contribution is -2.15. The normalized spacial score (nSPS) is 17.1. The first-order chi connectivity index (χ1) is 19.7. The zero-order chi connectivity index (χ0) is 27.8. The second-order valence-corrected chi connectivity index (χ2v) is 12.1. The maximum absolute atomic E-state index is 6.09. The molecule has 0 atom stereocenters. The van der Waals surface area contributed by atoms with Gasteiger partial charge in [-0.15, -0.1) is 0 Å². The maximum Gasteiger partial charge on any atom is 0.159 e.